The van der Waals surface area contributed by atoms with E-state index < -0.39 is 35.2 Å². The SMILES string of the molecule is Cl.NC(=O)c1[nH]ncc1NCc1cccc(NC(=O)Nc2cc(C(F)(F)F)ccc2F)c1. The van der Waals surface area contributed by atoms with Crippen LogP contribution in [-0.2, 0) is 12.7 Å². The Kier molecular flexibility index (Phi) is 7.65. The number of primary amides is 1. The maximum atomic E-state index is 13.8. The van der Waals surface area contributed by atoms with Gasteiger partial charge in [0.25, 0.3) is 5.91 Å². The summed E-state index contributed by atoms with van der Waals surface area (Å²) in [4.78, 5) is 23.4. The van der Waals surface area contributed by atoms with E-state index in [0.29, 0.717) is 35.1 Å². The minimum absolute atomic E-state index is 0. The van der Waals surface area contributed by atoms with Crippen LogP contribution in [0.5, 0.6) is 0 Å². The average Bonchev–Trinajstić information content (AvgIpc) is 3.16. The van der Waals surface area contributed by atoms with Crippen molar-refractivity contribution in [3.8, 4) is 0 Å². The normalized spacial score (nSPS) is 10.8. The van der Waals surface area contributed by atoms with E-state index in [9.17, 15) is 27.2 Å². The number of amides is 3. The van der Waals surface area contributed by atoms with E-state index in [-0.39, 0.29) is 24.6 Å². The van der Waals surface area contributed by atoms with Crippen molar-refractivity contribution in [2.75, 3.05) is 16.0 Å². The van der Waals surface area contributed by atoms with Gasteiger partial charge in [-0.3, -0.25) is 9.89 Å². The molecule has 1 heterocycles. The molecule has 170 valence electrons. The number of hydrogen-bond donors (Lipinski definition) is 5. The molecule has 2 aromatic carbocycles. The fraction of sp³-hybridized carbons (Fsp3) is 0.105. The van der Waals surface area contributed by atoms with Crippen LogP contribution in [-0.4, -0.2) is 22.1 Å². The second-order valence-corrected chi connectivity index (χ2v) is 6.35. The Morgan fingerprint density at radius 2 is 1.81 bits per heavy atom. The molecule has 0 spiro atoms. The van der Waals surface area contributed by atoms with Crippen LogP contribution in [0.4, 0.5) is 39.4 Å². The number of carbonyl (C=O) groups is 2. The zero-order valence-electron chi connectivity index (χ0n) is 16.1. The molecule has 3 aromatic rings. The first kappa shape index (κ1) is 24.5. The number of carbonyl (C=O) groups excluding carboxylic acids is 2. The van der Waals surface area contributed by atoms with Gasteiger partial charge in [-0.05, 0) is 35.9 Å². The van der Waals surface area contributed by atoms with Gasteiger partial charge < -0.3 is 21.7 Å². The molecule has 0 aliphatic carbocycles. The number of urea groups is 1. The smallest absolute Gasteiger partial charge is 0.378 e. The molecular weight excluding hydrogens is 456 g/mol. The maximum Gasteiger partial charge on any atom is 0.416 e. The summed E-state index contributed by atoms with van der Waals surface area (Å²) < 4.78 is 52.1. The van der Waals surface area contributed by atoms with Crippen molar-refractivity contribution in [2.24, 2.45) is 5.73 Å². The number of benzene rings is 2. The van der Waals surface area contributed by atoms with Gasteiger partial charge in [0.05, 0.1) is 23.1 Å². The number of anilines is 3. The fourth-order valence-electron chi connectivity index (χ4n) is 2.65. The lowest BCUT2D eigenvalue weighted by Crippen LogP contribution is -2.21. The number of aromatic amines is 1. The van der Waals surface area contributed by atoms with Crippen LogP contribution in [0, 0.1) is 5.82 Å². The van der Waals surface area contributed by atoms with Crippen molar-refractivity contribution in [1.82, 2.24) is 10.2 Å². The summed E-state index contributed by atoms with van der Waals surface area (Å²) in [5.41, 5.74) is 5.03. The largest absolute Gasteiger partial charge is 0.416 e. The third kappa shape index (κ3) is 6.11. The van der Waals surface area contributed by atoms with Crippen molar-refractivity contribution in [1.29, 1.82) is 0 Å². The van der Waals surface area contributed by atoms with Crippen molar-refractivity contribution in [3.05, 3.63) is 71.3 Å². The molecular formula is C19H17ClF4N6O2. The second-order valence-electron chi connectivity index (χ2n) is 6.35. The summed E-state index contributed by atoms with van der Waals surface area (Å²) in [5, 5.41) is 13.6. The quantitative estimate of drug-likeness (QED) is 0.342. The molecule has 0 saturated carbocycles. The van der Waals surface area contributed by atoms with Crippen LogP contribution in [0.25, 0.3) is 0 Å². The third-order valence-corrected chi connectivity index (χ3v) is 4.10. The van der Waals surface area contributed by atoms with Crippen molar-refractivity contribution in [3.63, 3.8) is 0 Å². The number of rotatable bonds is 6. The molecule has 8 nitrogen and oxygen atoms in total. The Morgan fingerprint density at radius 1 is 1.06 bits per heavy atom. The molecule has 0 aliphatic rings. The molecule has 0 bridgehead atoms. The van der Waals surface area contributed by atoms with Crippen molar-refractivity contribution >= 4 is 41.4 Å². The molecule has 32 heavy (non-hydrogen) atoms. The monoisotopic (exact) mass is 472 g/mol. The lowest BCUT2D eigenvalue weighted by Gasteiger charge is -2.12. The molecule has 0 aliphatic heterocycles. The van der Waals surface area contributed by atoms with Crippen LogP contribution in [0.3, 0.4) is 0 Å². The minimum Gasteiger partial charge on any atom is -0.378 e. The molecule has 3 amide bonds. The topological polar surface area (TPSA) is 125 Å². The van der Waals surface area contributed by atoms with Crippen LogP contribution in [0.1, 0.15) is 21.6 Å². The first-order chi connectivity index (χ1) is 14.6. The van der Waals surface area contributed by atoms with E-state index >= 15 is 0 Å². The van der Waals surface area contributed by atoms with Gasteiger partial charge in [-0.2, -0.15) is 18.3 Å². The van der Waals surface area contributed by atoms with Crippen LogP contribution in [0.2, 0.25) is 0 Å². The highest BCUT2D eigenvalue weighted by Crippen LogP contribution is 2.31. The van der Waals surface area contributed by atoms with Gasteiger partial charge in [0.15, 0.2) is 0 Å². The van der Waals surface area contributed by atoms with Crippen LogP contribution < -0.4 is 21.7 Å². The molecule has 0 saturated heterocycles. The molecule has 0 fully saturated rings. The summed E-state index contributed by atoms with van der Waals surface area (Å²) in [5.74, 6) is -1.69. The summed E-state index contributed by atoms with van der Waals surface area (Å²) in [6.07, 6.45) is -3.29. The van der Waals surface area contributed by atoms with Gasteiger partial charge in [0.2, 0.25) is 0 Å². The lowest BCUT2D eigenvalue weighted by molar-refractivity contribution is -0.137. The van der Waals surface area contributed by atoms with E-state index in [1.807, 2.05) is 0 Å². The number of alkyl halides is 3. The Balaban J connectivity index is 0.00000363. The summed E-state index contributed by atoms with van der Waals surface area (Å²) in [6.45, 7) is 0.249. The van der Waals surface area contributed by atoms with E-state index in [1.54, 1.807) is 18.2 Å². The summed E-state index contributed by atoms with van der Waals surface area (Å²) in [7, 11) is 0. The fourth-order valence-corrected chi connectivity index (χ4v) is 2.65. The molecule has 1 aromatic heterocycles. The van der Waals surface area contributed by atoms with Crippen molar-refractivity contribution in [2.45, 2.75) is 12.7 Å². The number of halogens is 5. The molecule has 0 atom stereocenters. The molecule has 6 N–H and O–H groups in total. The highest BCUT2D eigenvalue weighted by molar-refractivity contribution is 6.00. The van der Waals surface area contributed by atoms with Gasteiger partial charge >= 0.3 is 12.2 Å². The van der Waals surface area contributed by atoms with E-state index in [1.165, 1.54) is 12.3 Å². The van der Waals surface area contributed by atoms with Crippen molar-refractivity contribution < 1.29 is 27.2 Å². The van der Waals surface area contributed by atoms with Gasteiger partial charge in [0, 0.05) is 12.2 Å². The first-order valence-corrected chi connectivity index (χ1v) is 8.74. The van der Waals surface area contributed by atoms with Crippen LogP contribution in [0.15, 0.2) is 48.7 Å². The van der Waals surface area contributed by atoms with Gasteiger partial charge in [-0.25, -0.2) is 9.18 Å². The van der Waals surface area contributed by atoms with Crippen LogP contribution >= 0.6 is 12.4 Å². The van der Waals surface area contributed by atoms with E-state index in [2.05, 4.69) is 26.1 Å². The lowest BCUT2D eigenvalue weighted by atomic mass is 10.2. The Labute approximate surface area is 185 Å². The molecule has 0 unspecified atom stereocenters. The first-order valence-electron chi connectivity index (χ1n) is 8.74. The standard InChI is InChI=1S/C19H16F4N6O2.ClH/c20-13-5-4-11(19(21,22)23)7-14(13)28-18(31)27-12-3-1-2-10(6-12)8-25-15-9-26-29-16(15)17(24)30;/h1-7,9,25H,8H2,(H2,24,30)(H,26,29)(H2,27,28,31);1H. The second kappa shape index (κ2) is 10.0. The number of H-pyrrole nitrogens is 1. The Bertz CT molecular complexity index is 1120. The number of hydrogen-bond acceptors (Lipinski definition) is 4. The number of aromatic nitrogens is 2. The van der Waals surface area contributed by atoms with E-state index in [0.717, 1.165) is 0 Å². The van der Waals surface area contributed by atoms with Gasteiger partial charge in [0.1, 0.15) is 11.5 Å². The minimum atomic E-state index is -4.68. The summed E-state index contributed by atoms with van der Waals surface area (Å²) >= 11 is 0. The zero-order valence-corrected chi connectivity index (χ0v) is 16.9. The van der Waals surface area contributed by atoms with Gasteiger partial charge in [-0.1, -0.05) is 12.1 Å². The number of nitrogens with zero attached hydrogens (tertiary/aromatic N) is 1. The van der Waals surface area contributed by atoms with E-state index in [4.69, 9.17) is 5.73 Å². The number of nitrogens with two attached hydrogens (primary N) is 1. The maximum absolute atomic E-state index is 13.8. The summed E-state index contributed by atoms with van der Waals surface area (Å²) in [6, 6.07) is 7.27. The molecule has 0 radical (unpaired) electrons. The molecule has 3 rings (SSSR count). The number of nitrogens with one attached hydrogen (secondary N) is 4. The Hall–Kier alpha value is -3.80. The highest BCUT2D eigenvalue weighted by atomic mass is 35.5. The predicted molar refractivity (Wildman–Crippen MR) is 112 cm³/mol. The average molecular weight is 473 g/mol. The zero-order chi connectivity index (χ0) is 22.6. The van der Waals surface area contributed by atoms with Gasteiger partial charge in [-0.15, -0.1) is 12.4 Å². The predicted octanol–water partition coefficient (Wildman–Crippen LogP) is 4.34. The Morgan fingerprint density at radius 3 is 2.50 bits per heavy atom. The highest BCUT2D eigenvalue weighted by Gasteiger charge is 2.31. The molecule has 13 heteroatoms. The third-order valence-electron chi connectivity index (χ3n) is 4.10.